The van der Waals surface area contributed by atoms with Gasteiger partial charge in [-0.05, 0) is 42.0 Å². The monoisotopic (exact) mass is 319 g/mol. The van der Waals surface area contributed by atoms with E-state index in [1.165, 1.54) is 11.9 Å². The first kappa shape index (κ1) is 16.2. The molecule has 2 rings (SSSR count). The lowest BCUT2D eigenvalue weighted by Gasteiger charge is -2.34. The Balaban J connectivity index is 2.10. The Morgan fingerprint density at radius 3 is 2.33 bits per heavy atom. The molecule has 0 radical (unpaired) electrons. The molecule has 1 aromatic rings. The Morgan fingerprint density at radius 2 is 1.81 bits per heavy atom. The molecule has 0 saturated carbocycles. The minimum absolute atomic E-state index is 0.0948. The average molecular weight is 319 g/mol. The predicted molar refractivity (Wildman–Crippen MR) is 74.3 cm³/mol. The molecule has 1 N–H and O–H groups in total. The Bertz CT molecular complexity index is 524. The van der Waals surface area contributed by atoms with Crippen LogP contribution in [0.15, 0.2) is 12.1 Å². The van der Waals surface area contributed by atoms with Gasteiger partial charge in [-0.2, -0.15) is 11.8 Å². The molecule has 1 aliphatic heterocycles. The van der Waals surface area contributed by atoms with Crippen molar-refractivity contribution in [1.82, 2.24) is 4.90 Å². The summed E-state index contributed by atoms with van der Waals surface area (Å²) in [7, 11) is 1.45. The van der Waals surface area contributed by atoms with Crippen molar-refractivity contribution < 1.29 is 23.1 Å². The molecular weight excluding hydrogens is 303 g/mol. The SMILES string of the molecule is CN(Cc1cc(F)c(F)c(F)c1)C(=O)C1(O)CCSCC1. The number of carbonyl (C=O) groups excluding carboxylic acids is 1. The molecule has 0 bridgehead atoms. The van der Waals surface area contributed by atoms with Crippen molar-refractivity contribution in [3.05, 3.63) is 35.1 Å². The van der Waals surface area contributed by atoms with Gasteiger partial charge >= 0.3 is 0 Å². The summed E-state index contributed by atoms with van der Waals surface area (Å²) < 4.78 is 39.2. The molecule has 0 atom stereocenters. The fourth-order valence-corrected chi connectivity index (χ4v) is 3.49. The maximum atomic E-state index is 13.2. The van der Waals surface area contributed by atoms with Gasteiger partial charge in [0.2, 0.25) is 0 Å². The van der Waals surface area contributed by atoms with Crippen LogP contribution in [0.1, 0.15) is 18.4 Å². The normalized spacial score (nSPS) is 17.6. The molecule has 1 fully saturated rings. The van der Waals surface area contributed by atoms with Crippen LogP contribution in [-0.4, -0.2) is 40.1 Å². The molecular formula is C14H16F3NO2S. The van der Waals surface area contributed by atoms with Gasteiger partial charge in [-0.25, -0.2) is 13.2 Å². The first-order valence-electron chi connectivity index (χ1n) is 6.52. The maximum Gasteiger partial charge on any atom is 0.254 e. The summed E-state index contributed by atoms with van der Waals surface area (Å²) in [6, 6.07) is 1.70. The number of rotatable bonds is 3. The summed E-state index contributed by atoms with van der Waals surface area (Å²) >= 11 is 1.66. The number of hydrogen-bond donors (Lipinski definition) is 1. The van der Waals surface area contributed by atoms with Crippen LogP contribution in [0, 0.1) is 17.5 Å². The highest BCUT2D eigenvalue weighted by molar-refractivity contribution is 7.99. The summed E-state index contributed by atoms with van der Waals surface area (Å²) in [5.41, 5.74) is -1.28. The zero-order valence-corrected chi connectivity index (χ0v) is 12.4. The molecule has 1 saturated heterocycles. The number of halogens is 3. The fourth-order valence-electron chi connectivity index (χ4n) is 2.32. The molecule has 0 spiro atoms. The van der Waals surface area contributed by atoms with Gasteiger partial charge in [-0.1, -0.05) is 0 Å². The highest BCUT2D eigenvalue weighted by Crippen LogP contribution is 2.29. The van der Waals surface area contributed by atoms with Crippen molar-refractivity contribution in [2.24, 2.45) is 0 Å². The van der Waals surface area contributed by atoms with E-state index in [0.29, 0.717) is 24.3 Å². The van der Waals surface area contributed by atoms with Crippen LogP contribution >= 0.6 is 11.8 Å². The molecule has 116 valence electrons. The molecule has 1 aliphatic rings. The van der Waals surface area contributed by atoms with Gasteiger partial charge in [-0.15, -0.1) is 0 Å². The molecule has 0 aliphatic carbocycles. The van der Waals surface area contributed by atoms with E-state index >= 15 is 0 Å². The van der Waals surface area contributed by atoms with Gasteiger partial charge in [0.25, 0.3) is 5.91 Å². The number of aliphatic hydroxyl groups is 1. The summed E-state index contributed by atoms with van der Waals surface area (Å²) in [5, 5.41) is 10.3. The molecule has 1 amide bonds. The first-order chi connectivity index (χ1) is 9.83. The van der Waals surface area contributed by atoms with Crippen molar-refractivity contribution in [3.63, 3.8) is 0 Å². The highest BCUT2D eigenvalue weighted by Gasteiger charge is 2.39. The third kappa shape index (κ3) is 3.52. The Hall–Kier alpha value is -1.21. The van der Waals surface area contributed by atoms with Crippen molar-refractivity contribution in [2.45, 2.75) is 25.0 Å². The smallest absolute Gasteiger partial charge is 0.254 e. The minimum atomic E-state index is -1.53. The van der Waals surface area contributed by atoms with Crippen molar-refractivity contribution in [1.29, 1.82) is 0 Å². The number of carbonyl (C=O) groups is 1. The molecule has 1 aromatic carbocycles. The number of amides is 1. The number of likely N-dealkylation sites (N-methyl/N-ethyl adjacent to an activating group) is 1. The van der Waals surface area contributed by atoms with Crippen molar-refractivity contribution in [3.8, 4) is 0 Å². The number of nitrogens with zero attached hydrogens (tertiary/aromatic N) is 1. The van der Waals surface area contributed by atoms with E-state index in [0.717, 1.165) is 12.1 Å². The summed E-state index contributed by atoms with van der Waals surface area (Å²) in [4.78, 5) is 13.5. The first-order valence-corrected chi connectivity index (χ1v) is 7.68. The van der Waals surface area contributed by atoms with E-state index in [4.69, 9.17) is 0 Å². The van der Waals surface area contributed by atoms with E-state index in [9.17, 15) is 23.1 Å². The van der Waals surface area contributed by atoms with Gasteiger partial charge in [0.05, 0.1) is 0 Å². The van der Waals surface area contributed by atoms with Crippen LogP contribution in [-0.2, 0) is 11.3 Å². The lowest BCUT2D eigenvalue weighted by atomic mass is 9.95. The van der Waals surface area contributed by atoms with Gasteiger partial charge in [-0.3, -0.25) is 4.79 Å². The van der Waals surface area contributed by atoms with Crippen LogP contribution in [0.2, 0.25) is 0 Å². The number of benzene rings is 1. The zero-order chi connectivity index (χ0) is 15.6. The third-order valence-electron chi connectivity index (χ3n) is 3.53. The fraction of sp³-hybridized carbons (Fsp3) is 0.500. The molecule has 7 heteroatoms. The van der Waals surface area contributed by atoms with E-state index < -0.39 is 29.0 Å². The maximum absolute atomic E-state index is 13.2. The van der Waals surface area contributed by atoms with Gasteiger partial charge < -0.3 is 10.0 Å². The quantitative estimate of drug-likeness (QED) is 0.869. The summed E-state index contributed by atoms with van der Waals surface area (Å²) in [6.07, 6.45) is 0.708. The van der Waals surface area contributed by atoms with E-state index in [1.54, 1.807) is 11.8 Å². The third-order valence-corrected chi connectivity index (χ3v) is 4.51. The van der Waals surface area contributed by atoms with Gasteiger partial charge in [0.15, 0.2) is 17.5 Å². The van der Waals surface area contributed by atoms with Crippen LogP contribution in [0.3, 0.4) is 0 Å². The minimum Gasteiger partial charge on any atom is -0.380 e. The second-order valence-electron chi connectivity index (χ2n) is 5.18. The van der Waals surface area contributed by atoms with E-state index in [1.807, 2.05) is 0 Å². The summed E-state index contributed by atoms with van der Waals surface area (Å²) in [5.74, 6) is -3.22. The predicted octanol–water partition coefficient (Wildman–Crippen LogP) is 2.32. The van der Waals surface area contributed by atoms with Gasteiger partial charge in [0, 0.05) is 13.6 Å². The van der Waals surface area contributed by atoms with Crippen molar-refractivity contribution >= 4 is 17.7 Å². The second-order valence-corrected chi connectivity index (χ2v) is 6.40. The highest BCUT2D eigenvalue weighted by atomic mass is 32.2. The van der Waals surface area contributed by atoms with Crippen LogP contribution in [0.5, 0.6) is 0 Å². The largest absolute Gasteiger partial charge is 0.380 e. The second kappa shape index (κ2) is 6.27. The van der Waals surface area contributed by atoms with Crippen LogP contribution in [0.4, 0.5) is 13.2 Å². The Morgan fingerprint density at radius 1 is 1.29 bits per heavy atom. The van der Waals surface area contributed by atoms with Crippen molar-refractivity contribution in [2.75, 3.05) is 18.6 Å². The van der Waals surface area contributed by atoms with Gasteiger partial charge in [0.1, 0.15) is 5.60 Å². The van der Waals surface area contributed by atoms with E-state index in [-0.39, 0.29) is 12.1 Å². The molecule has 1 heterocycles. The summed E-state index contributed by atoms with van der Waals surface area (Å²) in [6.45, 7) is -0.0948. The standard InChI is InChI=1S/C14H16F3NO2S/c1-18(13(19)14(20)2-4-21-5-3-14)8-9-6-10(15)12(17)11(16)7-9/h6-7,20H,2-5,8H2,1H3. The molecule has 3 nitrogen and oxygen atoms in total. The molecule has 0 unspecified atom stereocenters. The number of hydrogen-bond acceptors (Lipinski definition) is 3. The molecule has 0 aromatic heterocycles. The van der Waals surface area contributed by atoms with Crippen LogP contribution in [0.25, 0.3) is 0 Å². The number of thioether (sulfide) groups is 1. The van der Waals surface area contributed by atoms with E-state index in [2.05, 4.69) is 0 Å². The lowest BCUT2D eigenvalue weighted by molar-refractivity contribution is -0.151. The zero-order valence-electron chi connectivity index (χ0n) is 11.5. The topological polar surface area (TPSA) is 40.5 Å². The van der Waals surface area contributed by atoms with Crippen LogP contribution < -0.4 is 0 Å². The lowest BCUT2D eigenvalue weighted by Crippen LogP contribution is -2.49. The molecule has 21 heavy (non-hydrogen) atoms. The average Bonchev–Trinajstić information content (AvgIpc) is 2.44. The Kier molecular flexibility index (Phi) is 4.83. The Labute approximate surface area is 125 Å².